The fourth-order valence-corrected chi connectivity index (χ4v) is 1.50. The Balaban J connectivity index is 2.13. The Morgan fingerprint density at radius 3 is 2.83 bits per heavy atom. The second kappa shape index (κ2) is 4.45. The Kier molecular flexibility index (Phi) is 3.53. The summed E-state index contributed by atoms with van der Waals surface area (Å²) in [6, 6.07) is 0.491. The minimum atomic E-state index is 0.0652. The van der Waals surface area contributed by atoms with Gasteiger partial charge in [-0.2, -0.15) is 0 Å². The maximum absolute atomic E-state index is 10.6. The van der Waals surface area contributed by atoms with E-state index in [9.17, 15) is 4.79 Å². The maximum atomic E-state index is 10.6. The van der Waals surface area contributed by atoms with Crippen molar-refractivity contribution in [3.8, 4) is 0 Å². The Morgan fingerprint density at radius 2 is 2.33 bits per heavy atom. The zero-order chi connectivity index (χ0) is 8.97. The molecule has 70 valence electrons. The van der Waals surface area contributed by atoms with Crippen LogP contribution in [0.3, 0.4) is 0 Å². The normalized spacial score (nSPS) is 29.8. The average Bonchev–Trinajstić information content (AvgIpc) is 2.03. The van der Waals surface area contributed by atoms with Crippen LogP contribution in [0, 0.1) is 5.92 Å². The van der Waals surface area contributed by atoms with Gasteiger partial charge in [-0.15, -0.1) is 0 Å². The molecule has 1 aliphatic heterocycles. The van der Waals surface area contributed by atoms with E-state index in [1.54, 1.807) is 6.92 Å². The number of rotatable bonds is 2. The summed E-state index contributed by atoms with van der Waals surface area (Å²) in [5.41, 5.74) is 0. The number of hydrogen-bond acceptors (Lipinski definition) is 2. The summed E-state index contributed by atoms with van der Waals surface area (Å²) in [4.78, 5) is 10.6. The monoisotopic (exact) mass is 170 g/mol. The molecule has 0 aromatic carbocycles. The van der Waals surface area contributed by atoms with Crippen LogP contribution >= 0.6 is 0 Å². The van der Waals surface area contributed by atoms with Gasteiger partial charge in [0.25, 0.3) is 0 Å². The molecule has 0 spiro atoms. The zero-order valence-electron chi connectivity index (χ0n) is 7.89. The molecule has 2 N–H and O–H groups in total. The first-order chi connectivity index (χ1) is 5.68. The van der Waals surface area contributed by atoms with Crippen molar-refractivity contribution in [2.45, 2.75) is 32.7 Å². The Morgan fingerprint density at radius 1 is 1.58 bits per heavy atom. The first kappa shape index (κ1) is 9.52. The molecule has 3 heteroatoms. The van der Waals surface area contributed by atoms with Crippen molar-refractivity contribution in [3.63, 3.8) is 0 Å². The van der Waals surface area contributed by atoms with Gasteiger partial charge in [-0.3, -0.25) is 4.79 Å². The summed E-state index contributed by atoms with van der Waals surface area (Å²) in [6.07, 6.45) is 2.46. The summed E-state index contributed by atoms with van der Waals surface area (Å²) >= 11 is 0. The number of piperidine rings is 1. The van der Waals surface area contributed by atoms with Crippen LogP contribution in [0.25, 0.3) is 0 Å². The van der Waals surface area contributed by atoms with Crippen LogP contribution in [0.15, 0.2) is 0 Å². The summed E-state index contributed by atoms with van der Waals surface area (Å²) in [5.74, 6) is 0.856. The minimum Gasteiger partial charge on any atom is -0.355 e. The Bertz CT molecular complexity index is 151. The summed E-state index contributed by atoms with van der Waals surface area (Å²) in [5, 5.41) is 6.24. The van der Waals surface area contributed by atoms with E-state index in [1.165, 1.54) is 12.8 Å². The van der Waals surface area contributed by atoms with E-state index in [1.807, 2.05) is 0 Å². The fourth-order valence-electron chi connectivity index (χ4n) is 1.50. The van der Waals surface area contributed by atoms with Crippen molar-refractivity contribution in [3.05, 3.63) is 0 Å². The van der Waals surface area contributed by atoms with E-state index in [0.29, 0.717) is 6.04 Å². The lowest BCUT2D eigenvalue weighted by Gasteiger charge is -2.27. The third kappa shape index (κ3) is 3.22. The molecular weight excluding hydrogens is 152 g/mol. The summed E-state index contributed by atoms with van der Waals surface area (Å²) in [6.45, 7) is 5.68. The van der Waals surface area contributed by atoms with Crippen LogP contribution < -0.4 is 10.6 Å². The molecule has 0 aliphatic carbocycles. The number of amides is 1. The minimum absolute atomic E-state index is 0.0652. The maximum Gasteiger partial charge on any atom is 0.216 e. The summed E-state index contributed by atoms with van der Waals surface area (Å²) < 4.78 is 0. The third-order valence-electron chi connectivity index (χ3n) is 2.36. The highest BCUT2D eigenvalue weighted by Gasteiger charge is 2.16. The van der Waals surface area contributed by atoms with Gasteiger partial charge in [0.15, 0.2) is 0 Å². The quantitative estimate of drug-likeness (QED) is 0.634. The molecule has 0 radical (unpaired) electrons. The van der Waals surface area contributed by atoms with E-state index in [4.69, 9.17) is 0 Å². The first-order valence-electron chi connectivity index (χ1n) is 4.66. The number of hydrogen-bond donors (Lipinski definition) is 2. The van der Waals surface area contributed by atoms with Crippen molar-refractivity contribution in [1.82, 2.24) is 10.6 Å². The van der Waals surface area contributed by atoms with E-state index in [2.05, 4.69) is 17.6 Å². The molecule has 1 amide bonds. The number of nitrogens with one attached hydrogen (secondary N) is 2. The van der Waals surface area contributed by atoms with Gasteiger partial charge in [-0.05, 0) is 25.3 Å². The van der Waals surface area contributed by atoms with Gasteiger partial charge >= 0.3 is 0 Å². The van der Waals surface area contributed by atoms with Crippen LogP contribution in [0.1, 0.15) is 26.7 Å². The highest BCUT2D eigenvalue weighted by molar-refractivity contribution is 5.72. The molecule has 1 fully saturated rings. The largest absolute Gasteiger partial charge is 0.355 e. The highest BCUT2D eigenvalue weighted by Crippen LogP contribution is 2.12. The lowest BCUT2D eigenvalue weighted by atomic mass is 9.96. The van der Waals surface area contributed by atoms with Gasteiger partial charge in [0.1, 0.15) is 0 Å². The third-order valence-corrected chi connectivity index (χ3v) is 2.36. The molecule has 0 bridgehead atoms. The second-order valence-electron chi connectivity index (χ2n) is 3.72. The van der Waals surface area contributed by atoms with Crippen LogP contribution in [0.2, 0.25) is 0 Å². The highest BCUT2D eigenvalue weighted by atomic mass is 16.1. The molecule has 1 heterocycles. The molecule has 0 saturated carbocycles. The standard InChI is InChI=1S/C9H18N2O/c1-7-3-4-9(11-5-7)6-10-8(2)12/h7,9,11H,3-6H2,1-2H3,(H,10,12). The Labute approximate surface area is 73.9 Å². The van der Waals surface area contributed by atoms with Crippen LogP contribution in [-0.2, 0) is 4.79 Å². The van der Waals surface area contributed by atoms with Gasteiger partial charge in [0.05, 0.1) is 0 Å². The van der Waals surface area contributed by atoms with E-state index in [0.717, 1.165) is 19.0 Å². The molecule has 1 saturated heterocycles. The molecule has 0 aromatic heterocycles. The van der Waals surface area contributed by atoms with Crippen molar-refractivity contribution >= 4 is 5.91 Å². The van der Waals surface area contributed by atoms with Crippen molar-refractivity contribution in [2.24, 2.45) is 5.92 Å². The van der Waals surface area contributed by atoms with Crippen molar-refractivity contribution in [1.29, 1.82) is 0 Å². The predicted molar refractivity (Wildman–Crippen MR) is 48.9 cm³/mol. The Hall–Kier alpha value is -0.570. The summed E-state index contributed by atoms with van der Waals surface area (Å²) in [7, 11) is 0. The molecule has 1 rings (SSSR count). The second-order valence-corrected chi connectivity index (χ2v) is 3.72. The van der Waals surface area contributed by atoms with Crippen molar-refractivity contribution < 1.29 is 4.79 Å². The SMILES string of the molecule is CC(=O)NCC1CCC(C)CN1. The van der Waals surface area contributed by atoms with Crippen LogP contribution in [0.5, 0.6) is 0 Å². The molecule has 3 nitrogen and oxygen atoms in total. The van der Waals surface area contributed by atoms with Gasteiger partial charge in [0.2, 0.25) is 5.91 Å². The zero-order valence-corrected chi connectivity index (χ0v) is 7.89. The van der Waals surface area contributed by atoms with Crippen LogP contribution in [0.4, 0.5) is 0 Å². The van der Waals surface area contributed by atoms with Gasteiger partial charge in [-0.25, -0.2) is 0 Å². The van der Waals surface area contributed by atoms with E-state index < -0.39 is 0 Å². The molecule has 2 unspecified atom stereocenters. The molecule has 0 aromatic rings. The molecule has 2 atom stereocenters. The lowest BCUT2D eigenvalue weighted by Crippen LogP contribution is -2.45. The predicted octanol–water partition coefficient (Wildman–Crippen LogP) is 0.511. The number of carbonyl (C=O) groups excluding carboxylic acids is 1. The fraction of sp³-hybridized carbons (Fsp3) is 0.889. The van der Waals surface area contributed by atoms with Gasteiger partial charge < -0.3 is 10.6 Å². The van der Waals surface area contributed by atoms with Gasteiger partial charge in [-0.1, -0.05) is 6.92 Å². The smallest absolute Gasteiger partial charge is 0.216 e. The first-order valence-corrected chi connectivity index (χ1v) is 4.66. The van der Waals surface area contributed by atoms with Gasteiger partial charge in [0, 0.05) is 19.5 Å². The number of carbonyl (C=O) groups is 1. The molecule has 1 aliphatic rings. The average molecular weight is 170 g/mol. The van der Waals surface area contributed by atoms with Crippen LogP contribution in [-0.4, -0.2) is 25.0 Å². The molecule has 12 heavy (non-hydrogen) atoms. The van der Waals surface area contributed by atoms with E-state index in [-0.39, 0.29) is 5.91 Å². The molecular formula is C9H18N2O. The van der Waals surface area contributed by atoms with E-state index >= 15 is 0 Å². The lowest BCUT2D eigenvalue weighted by molar-refractivity contribution is -0.119. The topological polar surface area (TPSA) is 41.1 Å². The van der Waals surface area contributed by atoms with Crippen molar-refractivity contribution in [2.75, 3.05) is 13.1 Å².